The lowest BCUT2D eigenvalue weighted by molar-refractivity contribution is -0.126. The quantitative estimate of drug-likeness (QED) is 0.662. The summed E-state index contributed by atoms with van der Waals surface area (Å²) in [7, 11) is 0. The Labute approximate surface area is 104 Å². The molecule has 4 heteroatoms. The largest absolute Gasteiger partial charge is 0.380 e. The molecular formula is C13H26N2O2. The van der Waals surface area contributed by atoms with Crippen molar-refractivity contribution in [2.45, 2.75) is 45.6 Å². The first-order valence-corrected chi connectivity index (χ1v) is 6.83. The number of hydrogen-bond donors (Lipinski definition) is 2. The third kappa shape index (κ3) is 6.03. The van der Waals surface area contributed by atoms with Crippen LogP contribution in [0.3, 0.4) is 0 Å². The summed E-state index contributed by atoms with van der Waals surface area (Å²) in [5, 5.41) is 6.31. The van der Waals surface area contributed by atoms with Gasteiger partial charge in [-0.15, -0.1) is 0 Å². The van der Waals surface area contributed by atoms with Crippen LogP contribution in [0, 0.1) is 5.92 Å². The van der Waals surface area contributed by atoms with E-state index in [0.29, 0.717) is 19.2 Å². The highest BCUT2D eigenvalue weighted by atomic mass is 16.5. The molecule has 1 amide bonds. The van der Waals surface area contributed by atoms with Gasteiger partial charge in [-0.3, -0.25) is 4.79 Å². The lowest BCUT2D eigenvalue weighted by Crippen LogP contribution is -2.43. The van der Waals surface area contributed by atoms with Crippen molar-refractivity contribution in [1.29, 1.82) is 0 Å². The lowest BCUT2D eigenvalue weighted by Gasteiger charge is -2.27. The molecule has 1 aliphatic rings. The zero-order valence-corrected chi connectivity index (χ0v) is 11.1. The maximum atomic E-state index is 11.8. The van der Waals surface area contributed by atoms with E-state index >= 15 is 0 Å². The van der Waals surface area contributed by atoms with E-state index in [1.807, 2.05) is 0 Å². The minimum Gasteiger partial charge on any atom is -0.380 e. The van der Waals surface area contributed by atoms with Crippen LogP contribution < -0.4 is 10.6 Å². The van der Waals surface area contributed by atoms with E-state index in [-0.39, 0.29) is 11.8 Å². The van der Waals surface area contributed by atoms with Crippen molar-refractivity contribution >= 4 is 5.91 Å². The Hall–Kier alpha value is -0.610. The van der Waals surface area contributed by atoms with Gasteiger partial charge in [-0.05, 0) is 32.7 Å². The zero-order chi connectivity index (χ0) is 12.5. The second kappa shape index (κ2) is 8.48. The van der Waals surface area contributed by atoms with Crippen molar-refractivity contribution < 1.29 is 9.53 Å². The van der Waals surface area contributed by atoms with Gasteiger partial charge in [0.25, 0.3) is 0 Å². The molecule has 1 heterocycles. The number of carbonyl (C=O) groups is 1. The number of ether oxygens (including phenoxy) is 1. The SMILES string of the molecule is CCCCOCCNC(=O)C1CCNC(C)C1. The Morgan fingerprint density at radius 1 is 1.47 bits per heavy atom. The van der Waals surface area contributed by atoms with Gasteiger partial charge >= 0.3 is 0 Å². The summed E-state index contributed by atoms with van der Waals surface area (Å²) in [6.45, 7) is 7.30. The van der Waals surface area contributed by atoms with Crippen LogP contribution in [-0.4, -0.2) is 38.3 Å². The van der Waals surface area contributed by atoms with E-state index in [0.717, 1.165) is 38.8 Å². The summed E-state index contributed by atoms with van der Waals surface area (Å²) in [5.41, 5.74) is 0. The van der Waals surface area contributed by atoms with Gasteiger partial charge in [-0.2, -0.15) is 0 Å². The van der Waals surface area contributed by atoms with E-state index < -0.39 is 0 Å². The second-order valence-electron chi connectivity index (χ2n) is 4.83. The van der Waals surface area contributed by atoms with Gasteiger partial charge < -0.3 is 15.4 Å². The monoisotopic (exact) mass is 242 g/mol. The van der Waals surface area contributed by atoms with Crippen LogP contribution in [-0.2, 0) is 9.53 Å². The highest BCUT2D eigenvalue weighted by Crippen LogP contribution is 2.15. The van der Waals surface area contributed by atoms with Crippen molar-refractivity contribution in [3.8, 4) is 0 Å². The van der Waals surface area contributed by atoms with Gasteiger partial charge in [-0.1, -0.05) is 13.3 Å². The Bertz CT molecular complexity index is 221. The van der Waals surface area contributed by atoms with Crippen molar-refractivity contribution in [3.63, 3.8) is 0 Å². The van der Waals surface area contributed by atoms with E-state index in [2.05, 4.69) is 24.5 Å². The number of nitrogens with one attached hydrogen (secondary N) is 2. The smallest absolute Gasteiger partial charge is 0.223 e. The number of hydrogen-bond acceptors (Lipinski definition) is 3. The first-order chi connectivity index (χ1) is 8.24. The molecule has 2 atom stereocenters. The predicted octanol–water partition coefficient (Wildman–Crippen LogP) is 1.31. The summed E-state index contributed by atoms with van der Waals surface area (Å²) in [5.74, 6) is 0.374. The Morgan fingerprint density at radius 3 is 3.00 bits per heavy atom. The average molecular weight is 242 g/mol. The molecule has 1 rings (SSSR count). The van der Waals surface area contributed by atoms with Crippen LogP contribution in [0.25, 0.3) is 0 Å². The number of carbonyl (C=O) groups excluding carboxylic acids is 1. The maximum Gasteiger partial charge on any atom is 0.223 e. The van der Waals surface area contributed by atoms with Crippen LogP contribution in [0.15, 0.2) is 0 Å². The first-order valence-electron chi connectivity index (χ1n) is 6.83. The Morgan fingerprint density at radius 2 is 2.29 bits per heavy atom. The minimum absolute atomic E-state index is 0.182. The molecule has 0 aliphatic carbocycles. The van der Waals surface area contributed by atoms with Crippen LogP contribution in [0.1, 0.15) is 39.5 Å². The molecule has 0 aromatic carbocycles. The predicted molar refractivity (Wildman–Crippen MR) is 68.9 cm³/mol. The van der Waals surface area contributed by atoms with Crippen LogP contribution in [0.2, 0.25) is 0 Å². The van der Waals surface area contributed by atoms with Crippen molar-refractivity contribution in [3.05, 3.63) is 0 Å². The summed E-state index contributed by atoms with van der Waals surface area (Å²) in [6.07, 6.45) is 4.15. The Kier molecular flexibility index (Phi) is 7.21. The van der Waals surface area contributed by atoms with Gasteiger partial charge in [0.1, 0.15) is 0 Å². The summed E-state index contributed by atoms with van der Waals surface area (Å²) < 4.78 is 5.41. The molecule has 0 saturated carbocycles. The van der Waals surface area contributed by atoms with Gasteiger partial charge in [0.2, 0.25) is 5.91 Å². The van der Waals surface area contributed by atoms with Crippen LogP contribution >= 0.6 is 0 Å². The fourth-order valence-corrected chi connectivity index (χ4v) is 2.11. The Balaban J connectivity index is 2.04. The molecule has 1 fully saturated rings. The third-order valence-corrected chi connectivity index (χ3v) is 3.18. The molecule has 100 valence electrons. The molecule has 17 heavy (non-hydrogen) atoms. The molecular weight excluding hydrogens is 216 g/mol. The molecule has 0 aromatic heterocycles. The van der Waals surface area contributed by atoms with Gasteiger partial charge in [0.15, 0.2) is 0 Å². The topological polar surface area (TPSA) is 50.4 Å². The number of amides is 1. The highest BCUT2D eigenvalue weighted by molar-refractivity contribution is 5.78. The lowest BCUT2D eigenvalue weighted by atomic mass is 9.92. The average Bonchev–Trinajstić information content (AvgIpc) is 2.33. The van der Waals surface area contributed by atoms with E-state index in [4.69, 9.17) is 4.74 Å². The first kappa shape index (κ1) is 14.5. The molecule has 0 aromatic rings. The third-order valence-electron chi connectivity index (χ3n) is 3.18. The summed E-state index contributed by atoms with van der Waals surface area (Å²) in [4.78, 5) is 11.8. The highest BCUT2D eigenvalue weighted by Gasteiger charge is 2.24. The van der Waals surface area contributed by atoms with Crippen LogP contribution in [0.4, 0.5) is 0 Å². The number of unbranched alkanes of at least 4 members (excludes halogenated alkanes) is 1. The minimum atomic E-state index is 0.182. The normalized spacial score (nSPS) is 24.6. The van der Waals surface area contributed by atoms with E-state index in [9.17, 15) is 4.79 Å². The maximum absolute atomic E-state index is 11.8. The molecule has 0 bridgehead atoms. The second-order valence-corrected chi connectivity index (χ2v) is 4.83. The zero-order valence-electron chi connectivity index (χ0n) is 11.1. The van der Waals surface area contributed by atoms with E-state index in [1.54, 1.807) is 0 Å². The molecule has 2 N–H and O–H groups in total. The van der Waals surface area contributed by atoms with Crippen molar-refractivity contribution in [2.75, 3.05) is 26.3 Å². The fraction of sp³-hybridized carbons (Fsp3) is 0.923. The van der Waals surface area contributed by atoms with E-state index in [1.165, 1.54) is 0 Å². The van der Waals surface area contributed by atoms with Crippen LogP contribution in [0.5, 0.6) is 0 Å². The molecule has 2 unspecified atom stereocenters. The van der Waals surface area contributed by atoms with Crippen molar-refractivity contribution in [2.24, 2.45) is 5.92 Å². The molecule has 1 saturated heterocycles. The molecule has 1 aliphatic heterocycles. The standard InChI is InChI=1S/C13H26N2O2/c1-3-4-8-17-9-7-15-13(16)12-5-6-14-11(2)10-12/h11-12,14H,3-10H2,1-2H3,(H,15,16). The molecule has 0 spiro atoms. The molecule has 0 radical (unpaired) electrons. The molecule has 4 nitrogen and oxygen atoms in total. The van der Waals surface area contributed by atoms with Crippen molar-refractivity contribution in [1.82, 2.24) is 10.6 Å². The number of piperidine rings is 1. The summed E-state index contributed by atoms with van der Waals surface area (Å²) in [6, 6.07) is 0.459. The van der Waals surface area contributed by atoms with Gasteiger partial charge in [-0.25, -0.2) is 0 Å². The fourth-order valence-electron chi connectivity index (χ4n) is 2.11. The van der Waals surface area contributed by atoms with Gasteiger partial charge in [0.05, 0.1) is 6.61 Å². The number of rotatable bonds is 7. The summed E-state index contributed by atoms with van der Waals surface area (Å²) >= 11 is 0. The van der Waals surface area contributed by atoms with Gasteiger partial charge in [0, 0.05) is 25.1 Å².